The Balaban J connectivity index is 2.80. The Bertz CT molecular complexity index is 388. The number of nitrogens with one attached hydrogen (secondary N) is 1. The summed E-state index contributed by atoms with van der Waals surface area (Å²) >= 11 is 0. The van der Waals surface area contributed by atoms with E-state index in [0.717, 1.165) is 12.1 Å². The molecule has 0 amide bonds. The van der Waals surface area contributed by atoms with Crippen LogP contribution in [0.2, 0.25) is 0 Å². The van der Waals surface area contributed by atoms with Gasteiger partial charge in [-0.25, -0.2) is 0 Å². The summed E-state index contributed by atoms with van der Waals surface area (Å²) in [5.74, 6) is 0.558. The van der Waals surface area contributed by atoms with Crippen LogP contribution >= 0.6 is 0 Å². The van der Waals surface area contributed by atoms with Crippen molar-refractivity contribution >= 4 is 0 Å². The predicted molar refractivity (Wildman–Crippen MR) is 67.1 cm³/mol. The number of benzene rings is 1. The number of aryl methyl sites for hydroxylation is 2. The Morgan fingerprint density at radius 1 is 1.25 bits per heavy atom. The smallest absolute Gasteiger partial charge is 0.121 e. The monoisotopic (exact) mass is 216 g/mol. The van der Waals surface area contributed by atoms with Crippen molar-refractivity contribution in [1.29, 1.82) is 5.26 Å². The second-order valence-corrected chi connectivity index (χ2v) is 4.71. The van der Waals surface area contributed by atoms with E-state index in [2.05, 4.69) is 51.2 Å². The molecule has 1 atom stereocenters. The van der Waals surface area contributed by atoms with E-state index < -0.39 is 0 Å². The average molecular weight is 216 g/mol. The number of rotatable bonds is 4. The van der Waals surface area contributed by atoms with E-state index in [-0.39, 0.29) is 6.04 Å². The van der Waals surface area contributed by atoms with Crippen LogP contribution in [0.25, 0.3) is 0 Å². The molecule has 0 saturated carbocycles. The van der Waals surface area contributed by atoms with Gasteiger partial charge in [0.05, 0.1) is 6.07 Å². The molecule has 1 aromatic rings. The van der Waals surface area contributed by atoms with Gasteiger partial charge in [-0.3, -0.25) is 5.32 Å². The maximum absolute atomic E-state index is 9.14. The Labute approximate surface area is 98.3 Å². The molecule has 1 N–H and O–H groups in total. The topological polar surface area (TPSA) is 35.8 Å². The highest BCUT2D eigenvalue weighted by atomic mass is 14.9. The number of nitrogens with zero attached hydrogens (tertiary/aromatic N) is 1. The fraction of sp³-hybridized carbons (Fsp3) is 0.500. The standard InChI is InChI=1S/C14H20N2/c1-10(2)9-16-14(8-15)13-6-5-11(3)12(4)7-13/h5-7,10,14,16H,9H2,1-4H3. The van der Waals surface area contributed by atoms with Crippen LogP contribution in [0.5, 0.6) is 0 Å². The normalized spacial score (nSPS) is 12.5. The van der Waals surface area contributed by atoms with Crippen molar-refractivity contribution in [1.82, 2.24) is 5.32 Å². The zero-order valence-corrected chi connectivity index (χ0v) is 10.5. The first-order valence-electron chi connectivity index (χ1n) is 5.74. The van der Waals surface area contributed by atoms with E-state index >= 15 is 0 Å². The van der Waals surface area contributed by atoms with E-state index in [1.807, 2.05) is 6.07 Å². The third-order valence-corrected chi connectivity index (χ3v) is 2.72. The molecule has 1 rings (SSSR count). The molecule has 0 aliphatic carbocycles. The summed E-state index contributed by atoms with van der Waals surface area (Å²) in [6.45, 7) is 9.31. The molecule has 0 aliphatic heterocycles. The minimum atomic E-state index is -0.193. The molecule has 0 aromatic heterocycles. The Hall–Kier alpha value is -1.33. The van der Waals surface area contributed by atoms with Crippen molar-refractivity contribution in [2.45, 2.75) is 33.7 Å². The first-order chi connectivity index (χ1) is 7.54. The second kappa shape index (κ2) is 5.67. The molecule has 0 saturated heterocycles. The molecule has 0 spiro atoms. The van der Waals surface area contributed by atoms with Crippen LogP contribution in [0.15, 0.2) is 18.2 Å². The van der Waals surface area contributed by atoms with Crippen molar-refractivity contribution in [2.75, 3.05) is 6.54 Å². The van der Waals surface area contributed by atoms with Gasteiger partial charge in [0.1, 0.15) is 6.04 Å². The molecule has 2 heteroatoms. The van der Waals surface area contributed by atoms with Gasteiger partial charge in [0.2, 0.25) is 0 Å². The highest BCUT2D eigenvalue weighted by molar-refractivity contribution is 5.33. The van der Waals surface area contributed by atoms with Gasteiger partial charge in [-0.05, 0) is 43.0 Å². The predicted octanol–water partition coefficient (Wildman–Crippen LogP) is 3.11. The number of hydrogen-bond acceptors (Lipinski definition) is 2. The van der Waals surface area contributed by atoms with Crippen LogP contribution in [0.4, 0.5) is 0 Å². The molecule has 1 aromatic carbocycles. The number of hydrogen-bond donors (Lipinski definition) is 1. The SMILES string of the molecule is Cc1ccc(C(C#N)NCC(C)C)cc1C. The van der Waals surface area contributed by atoms with Crippen LogP contribution in [0.3, 0.4) is 0 Å². The van der Waals surface area contributed by atoms with Crippen LogP contribution in [-0.2, 0) is 0 Å². The summed E-state index contributed by atoms with van der Waals surface area (Å²) < 4.78 is 0. The summed E-state index contributed by atoms with van der Waals surface area (Å²) in [6.07, 6.45) is 0. The lowest BCUT2D eigenvalue weighted by Crippen LogP contribution is -2.24. The summed E-state index contributed by atoms with van der Waals surface area (Å²) in [5.41, 5.74) is 3.57. The van der Waals surface area contributed by atoms with Gasteiger partial charge in [0, 0.05) is 0 Å². The van der Waals surface area contributed by atoms with Gasteiger partial charge in [-0.15, -0.1) is 0 Å². The number of nitriles is 1. The third-order valence-electron chi connectivity index (χ3n) is 2.72. The van der Waals surface area contributed by atoms with Crippen molar-refractivity contribution in [3.63, 3.8) is 0 Å². The fourth-order valence-electron chi connectivity index (χ4n) is 1.54. The Morgan fingerprint density at radius 2 is 1.94 bits per heavy atom. The molecule has 2 nitrogen and oxygen atoms in total. The van der Waals surface area contributed by atoms with Crippen LogP contribution in [-0.4, -0.2) is 6.54 Å². The second-order valence-electron chi connectivity index (χ2n) is 4.71. The maximum Gasteiger partial charge on any atom is 0.121 e. The minimum absolute atomic E-state index is 0.193. The lowest BCUT2D eigenvalue weighted by Gasteiger charge is -2.14. The zero-order chi connectivity index (χ0) is 12.1. The molecule has 0 fully saturated rings. The molecule has 16 heavy (non-hydrogen) atoms. The molecule has 86 valence electrons. The third kappa shape index (κ3) is 3.36. The van der Waals surface area contributed by atoms with Gasteiger partial charge < -0.3 is 0 Å². The lowest BCUT2D eigenvalue weighted by molar-refractivity contribution is 0.525. The van der Waals surface area contributed by atoms with Crippen molar-refractivity contribution in [3.8, 4) is 6.07 Å². The highest BCUT2D eigenvalue weighted by Crippen LogP contribution is 2.16. The summed E-state index contributed by atoms with van der Waals surface area (Å²) in [6, 6.07) is 8.32. The highest BCUT2D eigenvalue weighted by Gasteiger charge is 2.10. The van der Waals surface area contributed by atoms with E-state index in [1.165, 1.54) is 11.1 Å². The Morgan fingerprint density at radius 3 is 2.44 bits per heavy atom. The van der Waals surface area contributed by atoms with Gasteiger partial charge in [-0.2, -0.15) is 5.26 Å². The molecule has 0 heterocycles. The molecule has 0 bridgehead atoms. The van der Waals surface area contributed by atoms with Crippen LogP contribution in [0.1, 0.15) is 36.6 Å². The Kier molecular flexibility index (Phi) is 4.52. The quantitative estimate of drug-likeness (QED) is 0.839. The zero-order valence-electron chi connectivity index (χ0n) is 10.5. The van der Waals surface area contributed by atoms with E-state index in [0.29, 0.717) is 5.92 Å². The van der Waals surface area contributed by atoms with Crippen molar-refractivity contribution in [3.05, 3.63) is 34.9 Å². The van der Waals surface area contributed by atoms with Gasteiger partial charge in [0.25, 0.3) is 0 Å². The molecule has 0 radical (unpaired) electrons. The van der Waals surface area contributed by atoms with Gasteiger partial charge in [0.15, 0.2) is 0 Å². The maximum atomic E-state index is 9.14. The first kappa shape index (κ1) is 12.7. The average Bonchev–Trinajstić information content (AvgIpc) is 2.23. The first-order valence-corrected chi connectivity index (χ1v) is 5.74. The minimum Gasteiger partial charge on any atom is -0.298 e. The van der Waals surface area contributed by atoms with Gasteiger partial charge >= 0.3 is 0 Å². The lowest BCUT2D eigenvalue weighted by atomic mass is 10.0. The fourth-order valence-corrected chi connectivity index (χ4v) is 1.54. The largest absolute Gasteiger partial charge is 0.298 e. The van der Waals surface area contributed by atoms with Crippen molar-refractivity contribution in [2.24, 2.45) is 5.92 Å². The molecular weight excluding hydrogens is 196 g/mol. The van der Waals surface area contributed by atoms with Crippen LogP contribution in [0, 0.1) is 31.1 Å². The molecule has 0 aliphatic rings. The van der Waals surface area contributed by atoms with E-state index in [9.17, 15) is 0 Å². The van der Waals surface area contributed by atoms with E-state index in [4.69, 9.17) is 5.26 Å². The van der Waals surface area contributed by atoms with E-state index in [1.54, 1.807) is 0 Å². The summed E-state index contributed by atoms with van der Waals surface area (Å²) in [7, 11) is 0. The summed E-state index contributed by atoms with van der Waals surface area (Å²) in [4.78, 5) is 0. The van der Waals surface area contributed by atoms with Crippen LogP contribution < -0.4 is 5.32 Å². The van der Waals surface area contributed by atoms with Gasteiger partial charge in [-0.1, -0.05) is 32.0 Å². The van der Waals surface area contributed by atoms with Crippen molar-refractivity contribution < 1.29 is 0 Å². The molecular formula is C14H20N2. The summed E-state index contributed by atoms with van der Waals surface area (Å²) in [5, 5.41) is 12.4. The molecule has 1 unspecified atom stereocenters.